The van der Waals surface area contributed by atoms with Crippen LogP contribution in [0.1, 0.15) is 13.8 Å². The fourth-order valence-corrected chi connectivity index (χ4v) is 2.14. The predicted molar refractivity (Wildman–Crippen MR) is 85.3 cm³/mol. The monoisotopic (exact) mass is 310 g/mol. The van der Waals surface area contributed by atoms with Crippen LogP contribution in [0.5, 0.6) is 0 Å². The summed E-state index contributed by atoms with van der Waals surface area (Å²) < 4.78 is 0. The number of halogens is 2. The summed E-state index contributed by atoms with van der Waals surface area (Å²) in [5.74, 6) is 1.38. The Balaban J connectivity index is 2.25. The molecule has 1 aromatic carbocycles. The van der Waals surface area contributed by atoms with Gasteiger partial charge in [0, 0.05) is 24.3 Å². The number of hydrogen-bond acceptors (Lipinski definition) is 4. The molecule has 0 aliphatic carbocycles. The quantitative estimate of drug-likeness (QED) is 0.890. The fourth-order valence-electron chi connectivity index (χ4n) is 1.81. The molecule has 0 bridgehead atoms. The van der Waals surface area contributed by atoms with Crippen molar-refractivity contribution in [3.8, 4) is 0 Å². The summed E-state index contributed by atoms with van der Waals surface area (Å²) in [6, 6.07) is 7.06. The minimum Gasteiger partial charge on any atom is -0.341 e. The Bertz CT molecular complexity index is 585. The number of nitrogens with zero attached hydrogens (tertiary/aromatic N) is 3. The van der Waals surface area contributed by atoms with Gasteiger partial charge in [0.2, 0.25) is 5.95 Å². The average Bonchev–Trinajstić information content (AvgIpc) is 2.45. The molecule has 0 radical (unpaired) electrons. The van der Waals surface area contributed by atoms with E-state index >= 15 is 0 Å². The molecule has 2 aromatic rings. The summed E-state index contributed by atoms with van der Waals surface area (Å²) in [5.41, 5.74) is 0.725. The van der Waals surface area contributed by atoms with Crippen molar-refractivity contribution in [3.05, 3.63) is 40.5 Å². The van der Waals surface area contributed by atoms with E-state index in [1.165, 1.54) is 0 Å². The lowest BCUT2D eigenvalue weighted by atomic mass is 10.3. The third kappa shape index (κ3) is 3.52. The molecule has 4 nitrogen and oxygen atoms in total. The Morgan fingerprint density at radius 1 is 1.15 bits per heavy atom. The number of anilines is 3. The number of nitrogens with one attached hydrogen (secondary N) is 1. The van der Waals surface area contributed by atoms with Crippen LogP contribution < -0.4 is 10.2 Å². The molecule has 0 amide bonds. The highest BCUT2D eigenvalue weighted by Crippen LogP contribution is 2.28. The van der Waals surface area contributed by atoms with Crippen LogP contribution in [0, 0.1) is 0 Å². The van der Waals surface area contributed by atoms with Gasteiger partial charge in [0.15, 0.2) is 0 Å². The van der Waals surface area contributed by atoms with E-state index in [1.54, 1.807) is 30.5 Å². The average molecular weight is 311 g/mol. The van der Waals surface area contributed by atoms with E-state index in [0.717, 1.165) is 18.8 Å². The highest BCUT2D eigenvalue weighted by molar-refractivity contribution is 6.35. The number of hydrogen-bond donors (Lipinski definition) is 1. The maximum atomic E-state index is 6.13. The fraction of sp³-hybridized carbons (Fsp3) is 0.286. The van der Waals surface area contributed by atoms with E-state index in [4.69, 9.17) is 23.2 Å². The SMILES string of the molecule is CCN(CC)c1nccc(Nc2cc(Cl)ccc2Cl)n1. The second-order valence-corrected chi connectivity index (χ2v) is 5.01. The molecule has 0 saturated carbocycles. The van der Waals surface area contributed by atoms with Crippen molar-refractivity contribution in [2.75, 3.05) is 23.3 Å². The molecule has 1 aromatic heterocycles. The Morgan fingerprint density at radius 3 is 2.60 bits per heavy atom. The molecular weight excluding hydrogens is 295 g/mol. The first kappa shape index (κ1) is 14.9. The van der Waals surface area contributed by atoms with E-state index in [1.807, 2.05) is 0 Å². The van der Waals surface area contributed by atoms with Gasteiger partial charge in [-0.25, -0.2) is 4.98 Å². The standard InChI is InChI=1S/C14H16Cl2N4/c1-3-20(4-2)14-17-8-7-13(19-14)18-12-9-10(15)5-6-11(12)16/h5-9H,3-4H2,1-2H3,(H,17,18,19). The summed E-state index contributed by atoms with van der Waals surface area (Å²) in [7, 11) is 0. The molecule has 0 aliphatic rings. The Morgan fingerprint density at radius 2 is 1.90 bits per heavy atom. The van der Waals surface area contributed by atoms with Crippen molar-refractivity contribution in [2.45, 2.75) is 13.8 Å². The van der Waals surface area contributed by atoms with E-state index < -0.39 is 0 Å². The lowest BCUT2D eigenvalue weighted by Gasteiger charge is -2.19. The third-order valence-corrected chi connectivity index (χ3v) is 3.44. The van der Waals surface area contributed by atoms with Gasteiger partial charge in [-0.2, -0.15) is 4.98 Å². The Hall–Kier alpha value is -1.52. The van der Waals surface area contributed by atoms with Crippen LogP contribution in [-0.2, 0) is 0 Å². The number of benzene rings is 1. The zero-order valence-electron chi connectivity index (χ0n) is 11.4. The van der Waals surface area contributed by atoms with E-state index in [2.05, 4.69) is 34.0 Å². The van der Waals surface area contributed by atoms with Gasteiger partial charge in [0.05, 0.1) is 10.7 Å². The zero-order valence-corrected chi connectivity index (χ0v) is 12.9. The molecule has 2 rings (SSSR count). The largest absolute Gasteiger partial charge is 0.341 e. The van der Waals surface area contributed by atoms with E-state index in [-0.39, 0.29) is 0 Å². The molecular formula is C14H16Cl2N4. The normalized spacial score (nSPS) is 10.4. The van der Waals surface area contributed by atoms with Crippen LogP contribution in [0.2, 0.25) is 10.0 Å². The minimum absolute atomic E-state index is 0.595. The van der Waals surface area contributed by atoms with E-state index in [9.17, 15) is 0 Å². The first-order chi connectivity index (χ1) is 9.63. The highest BCUT2D eigenvalue weighted by Gasteiger charge is 2.07. The lowest BCUT2D eigenvalue weighted by Crippen LogP contribution is -2.24. The molecule has 0 saturated heterocycles. The number of rotatable bonds is 5. The van der Waals surface area contributed by atoms with Gasteiger partial charge < -0.3 is 10.2 Å². The number of aromatic nitrogens is 2. The minimum atomic E-state index is 0.595. The molecule has 0 spiro atoms. The summed E-state index contributed by atoms with van der Waals surface area (Å²) in [4.78, 5) is 10.8. The molecule has 1 heterocycles. The first-order valence-corrected chi connectivity index (χ1v) is 7.19. The van der Waals surface area contributed by atoms with Gasteiger partial charge >= 0.3 is 0 Å². The van der Waals surface area contributed by atoms with Crippen molar-refractivity contribution in [1.82, 2.24) is 9.97 Å². The van der Waals surface area contributed by atoms with Crippen LogP contribution in [0.25, 0.3) is 0 Å². The molecule has 1 N–H and O–H groups in total. The van der Waals surface area contributed by atoms with Gasteiger partial charge in [0.25, 0.3) is 0 Å². The van der Waals surface area contributed by atoms with E-state index in [0.29, 0.717) is 21.8 Å². The van der Waals surface area contributed by atoms with Gasteiger partial charge in [-0.1, -0.05) is 23.2 Å². The van der Waals surface area contributed by atoms with Gasteiger partial charge in [-0.05, 0) is 38.1 Å². The maximum Gasteiger partial charge on any atom is 0.227 e. The van der Waals surface area contributed by atoms with Gasteiger partial charge in [0.1, 0.15) is 5.82 Å². The van der Waals surface area contributed by atoms with Gasteiger partial charge in [-0.3, -0.25) is 0 Å². The van der Waals surface area contributed by atoms with Crippen LogP contribution in [0.3, 0.4) is 0 Å². The molecule has 0 atom stereocenters. The predicted octanol–water partition coefficient (Wildman–Crippen LogP) is 4.37. The summed E-state index contributed by atoms with van der Waals surface area (Å²) >= 11 is 12.1. The molecule has 0 aliphatic heterocycles. The molecule has 106 valence electrons. The van der Waals surface area contributed by atoms with Gasteiger partial charge in [-0.15, -0.1) is 0 Å². The summed E-state index contributed by atoms with van der Waals surface area (Å²) in [6.07, 6.45) is 1.72. The second kappa shape index (κ2) is 6.77. The smallest absolute Gasteiger partial charge is 0.227 e. The van der Waals surface area contributed by atoms with Crippen LogP contribution in [-0.4, -0.2) is 23.1 Å². The molecule has 6 heteroatoms. The topological polar surface area (TPSA) is 41.1 Å². The van der Waals surface area contributed by atoms with Crippen molar-refractivity contribution in [1.29, 1.82) is 0 Å². The van der Waals surface area contributed by atoms with Crippen molar-refractivity contribution >= 4 is 40.7 Å². The summed E-state index contributed by atoms with van der Waals surface area (Å²) in [6.45, 7) is 5.86. The molecule has 0 unspecified atom stereocenters. The highest BCUT2D eigenvalue weighted by atomic mass is 35.5. The molecule has 0 fully saturated rings. The van der Waals surface area contributed by atoms with Crippen LogP contribution in [0.4, 0.5) is 17.5 Å². The van der Waals surface area contributed by atoms with Crippen LogP contribution in [0.15, 0.2) is 30.5 Å². The third-order valence-electron chi connectivity index (χ3n) is 2.88. The second-order valence-electron chi connectivity index (χ2n) is 4.16. The zero-order chi connectivity index (χ0) is 14.5. The first-order valence-electron chi connectivity index (χ1n) is 6.44. The van der Waals surface area contributed by atoms with Crippen molar-refractivity contribution in [2.24, 2.45) is 0 Å². The Labute approximate surface area is 128 Å². The van der Waals surface area contributed by atoms with Crippen molar-refractivity contribution < 1.29 is 0 Å². The Kier molecular flexibility index (Phi) is 5.04. The lowest BCUT2D eigenvalue weighted by molar-refractivity contribution is 0.822. The summed E-state index contributed by atoms with van der Waals surface area (Å²) in [5, 5.41) is 4.38. The van der Waals surface area contributed by atoms with Crippen LogP contribution >= 0.6 is 23.2 Å². The molecule has 20 heavy (non-hydrogen) atoms. The van der Waals surface area contributed by atoms with Crippen molar-refractivity contribution in [3.63, 3.8) is 0 Å². The maximum absolute atomic E-state index is 6.13.